The Morgan fingerprint density at radius 2 is 2.16 bits per heavy atom. The van der Waals surface area contributed by atoms with Gasteiger partial charge in [-0.1, -0.05) is 31.6 Å². The van der Waals surface area contributed by atoms with Gasteiger partial charge in [-0.05, 0) is 58.3 Å². The Morgan fingerprint density at radius 1 is 1.42 bits per heavy atom. The molecule has 1 aliphatic rings. The maximum Gasteiger partial charge on any atom is 0.133 e. The van der Waals surface area contributed by atoms with Gasteiger partial charge in [0.25, 0.3) is 0 Å². The van der Waals surface area contributed by atoms with Crippen LogP contribution < -0.4 is 4.74 Å². The first-order valence-electron chi connectivity index (χ1n) is 6.60. The summed E-state index contributed by atoms with van der Waals surface area (Å²) in [5, 5.41) is 9.92. The first-order valence-corrected chi connectivity index (χ1v) is 7.39. The van der Waals surface area contributed by atoms with E-state index >= 15 is 0 Å². The lowest BCUT2D eigenvalue weighted by Gasteiger charge is -2.32. The Labute approximate surface area is 123 Å². The first-order chi connectivity index (χ1) is 8.89. The van der Waals surface area contributed by atoms with Crippen molar-refractivity contribution in [3.63, 3.8) is 0 Å². The molecule has 104 valence electrons. The van der Waals surface area contributed by atoms with Crippen LogP contribution in [-0.4, -0.2) is 18.3 Å². The third-order valence-electron chi connectivity index (χ3n) is 3.54. The summed E-state index contributed by atoms with van der Waals surface area (Å²) in [5.74, 6) is 0.849. The highest BCUT2D eigenvalue weighted by molar-refractivity contribution is 9.10. The lowest BCUT2D eigenvalue weighted by atomic mass is 9.75. The standard InChI is InChI=1S/C16H21BrO2/c1-16(2)9-12(7-13(18)10-16)6-11-4-5-15(19-3)14(17)8-11/h4-5,7-8,13,18H,6,9-10H2,1-3H3. The fourth-order valence-corrected chi connectivity index (χ4v) is 3.43. The number of rotatable bonds is 3. The number of hydrogen-bond donors (Lipinski definition) is 1. The van der Waals surface area contributed by atoms with Gasteiger partial charge in [0, 0.05) is 0 Å². The second kappa shape index (κ2) is 5.68. The van der Waals surface area contributed by atoms with Crippen molar-refractivity contribution in [1.82, 2.24) is 0 Å². The third kappa shape index (κ3) is 3.83. The van der Waals surface area contributed by atoms with E-state index in [-0.39, 0.29) is 11.5 Å². The smallest absolute Gasteiger partial charge is 0.133 e. The van der Waals surface area contributed by atoms with Crippen LogP contribution in [0.1, 0.15) is 32.3 Å². The second-order valence-electron chi connectivity index (χ2n) is 6.08. The Morgan fingerprint density at radius 3 is 2.74 bits per heavy atom. The van der Waals surface area contributed by atoms with Crippen LogP contribution in [0.2, 0.25) is 0 Å². The fraction of sp³-hybridized carbons (Fsp3) is 0.500. The average molecular weight is 325 g/mol. The summed E-state index contributed by atoms with van der Waals surface area (Å²) in [5.41, 5.74) is 2.75. The number of aliphatic hydroxyl groups is 1. The van der Waals surface area contributed by atoms with Gasteiger partial charge < -0.3 is 9.84 Å². The molecule has 0 aliphatic heterocycles. The number of allylic oxidation sites excluding steroid dienone is 1. The number of ether oxygens (including phenoxy) is 1. The summed E-state index contributed by atoms with van der Waals surface area (Å²) >= 11 is 3.51. The number of hydrogen-bond acceptors (Lipinski definition) is 2. The fourth-order valence-electron chi connectivity index (χ4n) is 2.85. The van der Waals surface area contributed by atoms with Crippen LogP contribution in [0.15, 0.2) is 34.3 Å². The van der Waals surface area contributed by atoms with Gasteiger partial charge in [-0.25, -0.2) is 0 Å². The number of aliphatic hydroxyl groups excluding tert-OH is 1. The van der Waals surface area contributed by atoms with Crippen LogP contribution in [0.25, 0.3) is 0 Å². The van der Waals surface area contributed by atoms with Crippen LogP contribution in [0.5, 0.6) is 5.75 Å². The molecule has 0 saturated carbocycles. The van der Waals surface area contributed by atoms with E-state index in [9.17, 15) is 5.11 Å². The Kier molecular flexibility index (Phi) is 4.36. The molecule has 0 heterocycles. The Balaban J connectivity index is 2.15. The summed E-state index contributed by atoms with van der Waals surface area (Å²) in [6.45, 7) is 4.43. The largest absolute Gasteiger partial charge is 0.496 e. The summed E-state index contributed by atoms with van der Waals surface area (Å²) in [7, 11) is 1.67. The SMILES string of the molecule is COc1ccc(CC2=CC(O)CC(C)(C)C2)cc1Br. The maximum atomic E-state index is 9.92. The van der Waals surface area contributed by atoms with E-state index in [4.69, 9.17) is 4.74 Å². The minimum Gasteiger partial charge on any atom is -0.496 e. The lowest BCUT2D eigenvalue weighted by molar-refractivity contribution is 0.138. The highest BCUT2D eigenvalue weighted by Gasteiger charge is 2.27. The normalized spacial score (nSPS) is 21.9. The predicted molar refractivity (Wildman–Crippen MR) is 81.5 cm³/mol. The molecule has 1 N–H and O–H groups in total. The van der Waals surface area contributed by atoms with Crippen LogP contribution in [0, 0.1) is 5.41 Å². The molecule has 1 aromatic rings. The van der Waals surface area contributed by atoms with Crippen LogP contribution in [0.4, 0.5) is 0 Å². The lowest BCUT2D eigenvalue weighted by Crippen LogP contribution is -2.25. The van der Waals surface area contributed by atoms with E-state index in [1.807, 2.05) is 12.1 Å². The molecule has 0 fully saturated rings. The molecule has 1 atom stereocenters. The van der Waals surface area contributed by atoms with Crippen molar-refractivity contribution >= 4 is 15.9 Å². The van der Waals surface area contributed by atoms with E-state index < -0.39 is 0 Å². The molecule has 0 spiro atoms. The van der Waals surface area contributed by atoms with Gasteiger partial charge in [-0.3, -0.25) is 0 Å². The monoisotopic (exact) mass is 324 g/mol. The minimum atomic E-state index is -0.305. The molecular weight excluding hydrogens is 304 g/mol. The topological polar surface area (TPSA) is 29.5 Å². The van der Waals surface area contributed by atoms with Gasteiger partial charge in [0.1, 0.15) is 5.75 Å². The van der Waals surface area contributed by atoms with Crippen molar-refractivity contribution < 1.29 is 9.84 Å². The van der Waals surface area contributed by atoms with E-state index in [1.54, 1.807) is 7.11 Å². The third-order valence-corrected chi connectivity index (χ3v) is 4.16. The first kappa shape index (κ1) is 14.6. The minimum absolute atomic E-state index is 0.188. The van der Waals surface area contributed by atoms with Crippen molar-refractivity contribution in [2.45, 2.75) is 39.2 Å². The molecule has 0 radical (unpaired) electrons. The molecule has 0 bridgehead atoms. The van der Waals surface area contributed by atoms with Crippen molar-refractivity contribution in [1.29, 1.82) is 0 Å². The molecule has 2 nitrogen and oxygen atoms in total. The quantitative estimate of drug-likeness (QED) is 0.848. The van der Waals surface area contributed by atoms with Gasteiger partial charge in [-0.15, -0.1) is 0 Å². The Hall–Kier alpha value is -0.800. The van der Waals surface area contributed by atoms with E-state index in [0.717, 1.165) is 29.5 Å². The zero-order valence-electron chi connectivity index (χ0n) is 11.7. The summed E-state index contributed by atoms with van der Waals surface area (Å²) < 4.78 is 6.21. The number of benzene rings is 1. The van der Waals surface area contributed by atoms with Crippen molar-refractivity contribution in [3.8, 4) is 5.75 Å². The van der Waals surface area contributed by atoms with E-state index in [0.29, 0.717) is 0 Å². The molecule has 1 aromatic carbocycles. The molecule has 1 aliphatic carbocycles. The van der Waals surface area contributed by atoms with Crippen LogP contribution in [-0.2, 0) is 6.42 Å². The molecule has 19 heavy (non-hydrogen) atoms. The van der Waals surface area contributed by atoms with Gasteiger partial charge in [-0.2, -0.15) is 0 Å². The van der Waals surface area contributed by atoms with E-state index in [2.05, 4.69) is 41.9 Å². The van der Waals surface area contributed by atoms with Crippen molar-refractivity contribution in [2.75, 3.05) is 7.11 Å². The second-order valence-corrected chi connectivity index (χ2v) is 6.94. The molecule has 1 unspecified atom stereocenters. The van der Waals surface area contributed by atoms with Crippen molar-refractivity contribution in [3.05, 3.63) is 39.9 Å². The molecule has 2 rings (SSSR count). The summed E-state index contributed by atoms with van der Waals surface area (Å²) in [6.07, 6.45) is 4.50. The zero-order valence-corrected chi connectivity index (χ0v) is 13.3. The molecule has 0 amide bonds. The number of halogens is 1. The van der Waals surface area contributed by atoms with Gasteiger partial charge in [0.15, 0.2) is 0 Å². The molecule has 0 saturated heterocycles. The summed E-state index contributed by atoms with van der Waals surface area (Å²) in [4.78, 5) is 0. The molecular formula is C16H21BrO2. The predicted octanol–water partition coefficient (Wildman–Crippen LogP) is 4.11. The van der Waals surface area contributed by atoms with E-state index in [1.165, 1.54) is 11.1 Å². The average Bonchev–Trinajstić information content (AvgIpc) is 2.26. The van der Waals surface area contributed by atoms with Crippen LogP contribution >= 0.6 is 15.9 Å². The van der Waals surface area contributed by atoms with Crippen LogP contribution in [0.3, 0.4) is 0 Å². The molecule has 3 heteroatoms. The van der Waals surface area contributed by atoms with Crippen molar-refractivity contribution in [2.24, 2.45) is 5.41 Å². The highest BCUT2D eigenvalue weighted by Crippen LogP contribution is 2.37. The zero-order chi connectivity index (χ0) is 14.0. The number of methoxy groups -OCH3 is 1. The highest BCUT2D eigenvalue weighted by atomic mass is 79.9. The van der Waals surface area contributed by atoms with Gasteiger partial charge in [0.05, 0.1) is 17.7 Å². The van der Waals surface area contributed by atoms with Gasteiger partial charge >= 0.3 is 0 Å². The Bertz CT molecular complexity index is 492. The molecule has 0 aromatic heterocycles. The maximum absolute atomic E-state index is 9.92. The summed E-state index contributed by atoms with van der Waals surface area (Å²) in [6, 6.07) is 6.15. The van der Waals surface area contributed by atoms with Gasteiger partial charge in [0.2, 0.25) is 0 Å².